The Morgan fingerprint density at radius 1 is 0.824 bits per heavy atom. The SMILES string of the molecule is COC(=O)C1OC(Oc2cc3ccccc3cc2O)C(OC(C)=O)C(OC(C)=O)C1OC(C)=O. The zero-order valence-electron chi connectivity index (χ0n) is 18.9. The van der Waals surface area contributed by atoms with Crippen LogP contribution in [0.25, 0.3) is 10.8 Å². The Bertz CT molecular complexity index is 1100. The number of hydrogen-bond acceptors (Lipinski definition) is 11. The minimum absolute atomic E-state index is 0.0584. The van der Waals surface area contributed by atoms with Crippen molar-refractivity contribution in [1.82, 2.24) is 0 Å². The summed E-state index contributed by atoms with van der Waals surface area (Å²) < 4.78 is 32.0. The molecule has 11 heteroatoms. The number of ether oxygens (including phenoxy) is 6. The molecule has 1 N–H and O–H groups in total. The van der Waals surface area contributed by atoms with Crippen molar-refractivity contribution < 1.29 is 52.7 Å². The van der Waals surface area contributed by atoms with E-state index in [4.69, 9.17) is 28.4 Å². The zero-order valence-corrected chi connectivity index (χ0v) is 18.9. The predicted molar refractivity (Wildman–Crippen MR) is 114 cm³/mol. The first kappa shape index (κ1) is 24.8. The van der Waals surface area contributed by atoms with Crippen molar-refractivity contribution in [3.05, 3.63) is 36.4 Å². The second-order valence-corrected chi connectivity index (χ2v) is 7.46. The molecule has 0 bridgehead atoms. The highest BCUT2D eigenvalue weighted by molar-refractivity contribution is 5.86. The summed E-state index contributed by atoms with van der Waals surface area (Å²) in [6, 6.07) is 10.1. The highest BCUT2D eigenvalue weighted by atomic mass is 16.7. The third-order valence-corrected chi connectivity index (χ3v) is 4.91. The Balaban J connectivity index is 2.06. The van der Waals surface area contributed by atoms with E-state index < -0.39 is 54.6 Å². The Kier molecular flexibility index (Phi) is 7.57. The summed E-state index contributed by atoms with van der Waals surface area (Å²) in [6.45, 7) is 3.27. The molecule has 0 aliphatic carbocycles. The quantitative estimate of drug-likeness (QED) is 0.480. The topological polar surface area (TPSA) is 144 Å². The van der Waals surface area contributed by atoms with E-state index in [2.05, 4.69) is 0 Å². The Morgan fingerprint density at radius 3 is 1.91 bits per heavy atom. The standard InChI is InChI=1S/C23H24O11/c1-11(24)30-18-19(31-12(2)25)21(32-13(3)26)23(34-20(18)22(28)29-4)33-17-10-15-8-6-5-7-14(15)9-16(17)27/h5-10,18-21,23,27H,1-4H3. The van der Waals surface area contributed by atoms with E-state index in [1.54, 1.807) is 24.3 Å². The van der Waals surface area contributed by atoms with Gasteiger partial charge in [-0.05, 0) is 22.9 Å². The van der Waals surface area contributed by atoms with Gasteiger partial charge in [0.15, 0.2) is 29.8 Å². The Morgan fingerprint density at radius 2 is 1.35 bits per heavy atom. The van der Waals surface area contributed by atoms with Gasteiger partial charge in [0, 0.05) is 20.8 Å². The number of esters is 4. The molecule has 3 rings (SSSR count). The largest absolute Gasteiger partial charge is 0.504 e. The first-order valence-electron chi connectivity index (χ1n) is 10.2. The molecule has 34 heavy (non-hydrogen) atoms. The van der Waals surface area contributed by atoms with Crippen LogP contribution < -0.4 is 4.74 Å². The molecule has 0 radical (unpaired) electrons. The fraction of sp³-hybridized carbons (Fsp3) is 0.391. The summed E-state index contributed by atoms with van der Waals surface area (Å²) in [5, 5.41) is 11.9. The van der Waals surface area contributed by atoms with Gasteiger partial charge in [-0.2, -0.15) is 0 Å². The van der Waals surface area contributed by atoms with E-state index in [0.717, 1.165) is 33.3 Å². The van der Waals surface area contributed by atoms with E-state index in [-0.39, 0.29) is 11.5 Å². The highest BCUT2D eigenvalue weighted by Crippen LogP contribution is 2.36. The number of fused-ring (bicyclic) bond motifs is 1. The Labute approximate surface area is 194 Å². The van der Waals surface area contributed by atoms with Crippen molar-refractivity contribution in [2.75, 3.05) is 7.11 Å². The monoisotopic (exact) mass is 476 g/mol. The van der Waals surface area contributed by atoms with Crippen LogP contribution in [-0.4, -0.2) is 66.8 Å². The van der Waals surface area contributed by atoms with Gasteiger partial charge in [-0.3, -0.25) is 14.4 Å². The van der Waals surface area contributed by atoms with Crippen molar-refractivity contribution in [1.29, 1.82) is 0 Å². The van der Waals surface area contributed by atoms with E-state index >= 15 is 0 Å². The number of rotatable bonds is 6. The number of methoxy groups -OCH3 is 1. The minimum atomic E-state index is -1.60. The second kappa shape index (κ2) is 10.4. The van der Waals surface area contributed by atoms with Gasteiger partial charge in [0.25, 0.3) is 0 Å². The molecule has 1 aliphatic rings. The fourth-order valence-corrected chi connectivity index (χ4v) is 3.60. The average Bonchev–Trinajstić information content (AvgIpc) is 2.76. The molecule has 11 nitrogen and oxygen atoms in total. The van der Waals surface area contributed by atoms with Crippen LogP contribution in [0.4, 0.5) is 0 Å². The molecule has 2 aromatic rings. The van der Waals surface area contributed by atoms with Crippen molar-refractivity contribution in [2.45, 2.75) is 51.5 Å². The van der Waals surface area contributed by atoms with Gasteiger partial charge < -0.3 is 33.5 Å². The van der Waals surface area contributed by atoms with Crippen LogP contribution in [0.3, 0.4) is 0 Å². The minimum Gasteiger partial charge on any atom is -0.504 e. The molecule has 182 valence electrons. The highest BCUT2D eigenvalue weighted by Gasteiger charge is 2.56. The molecule has 1 fully saturated rings. The molecule has 5 atom stereocenters. The van der Waals surface area contributed by atoms with Crippen LogP contribution in [0.5, 0.6) is 11.5 Å². The summed E-state index contributed by atoms with van der Waals surface area (Å²) in [5.41, 5.74) is 0. The lowest BCUT2D eigenvalue weighted by molar-refractivity contribution is -0.282. The van der Waals surface area contributed by atoms with E-state index in [0.29, 0.717) is 5.39 Å². The molecule has 2 aromatic carbocycles. The lowest BCUT2D eigenvalue weighted by atomic mass is 9.97. The molecule has 1 saturated heterocycles. The normalized spacial score (nSPS) is 24.1. The van der Waals surface area contributed by atoms with Crippen LogP contribution >= 0.6 is 0 Å². The number of phenolic OH excluding ortho intramolecular Hbond substituents is 1. The van der Waals surface area contributed by atoms with Crippen molar-refractivity contribution in [3.8, 4) is 11.5 Å². The van der Waals surface area contributed by atoms with Crippen LogP contribution in [0.2, 0.25) is 0 Å². The molecule has 1 heterocycles. The summed E-state index contributed by atoms with van der Waals surface area (Å²) in [7, 11) is 1.08. The average molecular weight is 476 g/mol. The van der Waals surface area contributed by atoms with E-state index in [1.807, 2.05) is 0 Å². The van der Waals surface area contributed by atoms with Gasteiger partial charge in [0.05, 0.1) is 7.11 Å². The molecular weight excluding hydrogens is 452 g/mol. The molecule has 0 saturated carbocycles. The Hall–Kier alpha value is -3.86. The summed E-state index contributed by atoms with van der Waals surface area (Å²) >= 11 is 0. The summed E-state index contributed by atoms with van der Waals surface area (Å²) in [6.07, 6.45) is -7.63. The van der Waals surface area contributed by atoms with Crippen LogP contribution in [0, 0.1) is 0 Å². The van der Waals surface area contributed by atoms with Crippen molar-refractivity contribution >= 4 is 34.6 Å². The maximum Gasteiger partial charge on any atom is 0.339 e. The molecule has 0 amide bonds. The first-order chi connectivity index (χ1) is 16.1. The molecule has 1 aliphatic heterocycles. The lowest BCUT2D eigenvalue weighted by Crippen LogP contribution is -2.64. The van der Waals surface area contributed by atoms with Gasteiger partial charge in [-0.25, -0.2) is 4.79 Å². The third kappa shape index (κ3) is 5.54. The summed E-state index contributed by atoms with van der Waals surface area (Å²) in [4.78, 5) is 47.9. The van der Waals surface area contributed by atoms with E-state index in [9.17, 15) is 24.3 Å². The molecule has 0 spiro atoms. The number of phenols is 1. The number of carbonyl (C=O) groups excluding carboxylic acids is 4. The van der Waals surface area contributed by atoms with Gasteiger partial charge in [-0.1, -0.05) is 24.3 Å². The van der Waals surface area contributed by atoms with Gasteiger partial charge in [-0.15, -0.1) is 0 Å². The zero-order chi connectivity index (χ0) is 25.0. The maximum atomic E-state index is 12.5. The smallest absolute Gasteiger partial charge is 0.339 e. The first-order valence-corrected chi connectivity index (χ1v) is 10.2. The van der Waals surface area contributed by atoms with Gasteiger partial charge in [0.2, 0.25) is 12.4 Å². The second-order valence-electron chi connectivity index (χ2n) is 7.46. The number of aromatic hydroxyl groups is 1. The van der Waals surface area contributed by atoms with Crippen LogP contribution in [-0.2, 0) is 42.9 Å². The third-order valence-electron chi connectivity index (χ3n) is 4.91. The maximum absolute atomic E-state index is 12.5. The molecule has 5 unspecified atom stereocenters. The van der Waals surface area contributed by atoms with Crippen LogP contribution in [0.15, 0.2) is 36.4 Å². The number of hydrogen-bond donors (Lipinski definition) is 1. The van der Waals surface area contributed by atoms with Gasteiger partial charge in [0.1, 0.15) is 0 Å². The van der Waals surface area contributed by atoms with Crippen LogP contribution in [0.1, 0.15) is 20.8 Å². The van der Waals surface area contributed by atoms with Crippen molar-refractivity contribution in [2.24, 2.45) is 0 Å². The summed E-state index contributed by atoms with van der Waals surface area (Å²) in [5.74, 6) is -3.69. The fourth-order valence-electron chi connectivity index (χ4n) is 3.60. The predicted octanol–water partition coefficient (Wildman–Crippen LogP) is 1.62. The van der Waals surface area contributed by atoms with Gasteiger partial charge >= 0.3 is 23.9 Å². The number of carbonyl (C=O) groups is 4. The van der Waals surface area contributed by atoms with E-state index in [1.165, 1.54) is 12.1 Å². The van der Waals surface area contributed by atoms with Crippen molar-refractivity contribution in [3.63, 3.8) is 0 Å². The number of benzene rings is 2. The lowest BCUT2D eigenvalue weighted by Gasteiger charge is -2.43. The molecular formula is C23H24O11. The molecule has 0 aromatic heterocycles.